The molecule has 98 valence electrons. The number of amides is 1. The fraction of sp³-hybridized carbons (Fsp3) is 0.818. The van der Waals surface area contributed by atoms with E-state index in [9.17, 15) is 9.59 Å². The highest BCUT2D eigenvalue weighted by atomic mass is 16.5. The Balaban J connectivity index is 2.45. The molecule has 1 amide bonds. The van der Waals surface area contributed by atoms with Gasteiger partial charge in [0, 0.05) is 6.54 Å². The first-order chi connectivity index (χ1) is 8.08. The van der Waals surface area contributed by atoms with Crippen molar-refractivity contribution in [3.8, 4) is 0 Å². The van der Waals surface area contributed by atoms with E-state index in [2.05, 4.69) is 5.32 Å². The Labute approximate surface area is 101 Å². The number of aliphatic carboxylic acids is 1. The second-order valence-corrected chi connectivity index (χ2v) is 4.25. The van der Waals surface area contributed by atoms with Crippen LogP contribution in [0.2, 0.25) is 0 Å². The van der Waals surface area contributed by atoms with Crippen LogP contribution in [0.3, 0.4) is 0 Å². The third-order valence-electron chi connectivity index (χ3n) is 2.85. The summed E-state index contributed by atoms with van der Waals surface area (Å²) < 4.78 is 5.40. The molecule has 6 heteroatoms. The Morgan fingerprint density at radius 1 is 1.53 bits per heavy atom. The largest absolute Gasteiger partial charge is 0.480 e. The molecule has 1 aliphatic heterocycles. The van der Waals surface area contributed by atoms with E-state index in [0.29, 0.717) is 25.8 Å². The van der Waals surface area contributed by atoms with Gasteiger partial charge in [0.15, 0.2) is 0 Å². The Hall–Kier alpha value is -1.14. The van der Waals surface area contributed by atoms with Gasteiger partial charge in [-0.25, -0.2) is 4.79 Å². The lowest BCUT2D eigenvalue weighted by atomic mass is 10.1. The van der Waals surface area contributed by atoms with Crippen molar-refractivity contribution in [1.29, 1.82) is 0 Å². The number of carboxylic acids is 1. The maximum Gasteiger partial charge on any atom is 0.326 e. The Morgan fingerprint density at radius 3 is 2.71 bits per heavy atom. The van der Waals surface area contributed by atoms with Gasteiger partial charge in [0.1, 0.15) is 12.1 Å². The molecule has 17 heavy (non-hydrogen) atoms. The van der Waals surface area contributed by atoms with Crippen LogP contribution >= 0.6 is 0 Å². The summed E-state index contributed by atoms with van der Waals surface area (Å²) in [5.74, 6) is -1.35. The van der Waals surface area contributed by atoms with Crippen LogP contribution < -0.4 is 11.1 Å². The van der Waals surface area contributed by atoms with Gasteiger partial charge in [0.2, 0.25) is 5.91 Å². The lowest BCUT2D eigenvalue weighted by Crippen LogP contribution is -2.45. The number of carbonyl (C=O) groups excluding carboxylic acids is 1. The van der Waals surface area contributed by atoms with Crippen LogP contribution in [0.25, 0.3) is 0 Å². The minimum Gasteiger partial charge on any atom is -0.480 e. The minimum atomic E-state index is -1.01. The van der Waals surface area contributed by atoms with Crippen molar-refractivity contribution in [1.82, 2.24) is 5.32 Å². The first kappa shape index (κ1) is 13.9. The van der Waals surface area contributed by atoms with E-state index >= 15 is 0 Å². The highest BCUT2D eigenvalue weighted by Gasteiger charge is 2.31. The van der Waals surface area contributed by atoms with Gasteiger partial charge < -0.3 is 20.9 Å². The van der Waals surface area contributed by atoms with Crippen LogP contribution in [0, 0.1) is 0 Å². The molecule has 0 radical (unpaired) electrons. The molecule has 3 unspecified atom stereocenters. The summed E-state index contributed by atoms with van der Waals surface area (Å²) in [5.41, 5.74) is 5.44. The van der Waals surface area contributed by atoms with Crippen molar-refractivity contribution in [2.24, 2.45) is 5.73 Å². The standard InChI is InChI=1S/C11H20N2O4/c1-2-3-8(11(15)16)13-10(14)9-5-4-7(6-12)17-9/h7-9H,2-6,12H2,1H3,(H,13,14)(H,15,16). The van der Waals surface area contributed by atoms with Gasteiger partial charge in [-0.15, -0.1) is 0 Å². The van der Waals surface area contributed by atoms with E-state index in [1.807, 2.05) is 6.92 Å². The second-order valence-electron chi connectivity index (χ2n) is 4.25. The zero-order chi connectivity index (χ0) is 12.8. The zero-order valence-electron chi connectivity index (χ0n) is 10.0. The normalized spacial score (nSPS) is 25.5. The average Bonchev–Trinajstić information content (AvgIpc) is 2.76. The summed E-state index contributed by atoms with van der Waals surface area (Å²) in [5, 5.41) is 11.4. The predicted octanol–water partition coefficient (Wildman–Crippen LogP) is -0.138. The minimum absolute atomic E-state index is 0.0831. The smallest absolute Gasteiger partial charge is 0.326 e. The lowest BCUT2D eigenvalue weighted by Gasteiger charge is -2.17. The molecule has 0 aromatic rings. The van der Waals surface area contributed by atoms with Crippen molar-refractivity contribution < 1.29 is 19.4 Å². The first-order valence-corrected chi connectivity index (χ1v) is 5.97. The molecule has 1 saturated heterocycles. The molecule has 1 aliphatic rings. The third kappa shape index (κ3) is 3.98. The van der Waals surface area contributed by atoms with Crippen molar-refractivity contribution in [3.05, 3.63) is 0 Å². The lowest BCUT2D eigenvalue weighted by molar-refractivity contribution is -0.144. The van der Waals surface area contributed by atoms with E-state index in [4.69, 9.17) is 15.6 Å². The van der Waals surface area contributed by atoms with E-state index in [1.165, 1.54) is 0 Å². The molecular formula is C11H20N2O4. The zero-order valence-corrected chi connectivity index (χ0v) is 10.0. The molecule has 1 heterocycles. The molecular weight excluding hydrogens is 224 g/mol. The fourth-order valence-electron chi connectivity index (χ4n) is 1.88. The van der Waals surface area contributed by atoms with Crippen LogP contribution in [-0.2, 0) is 14.3 Å². The molecule has 4 N–H and O–H groups in total. The molecule has 1 rings (SSSR count). The first-order valence-electron chi connectivity index (χ1n) is 5.97. The molecule has 6 nitrogen and oxygen atoms in total. The Bertz CT molecular complexity index is 283. The van der Waals surface area contributed by atoms with E-state index in [-0.39, 0.29) is 12.0 Å². The van der Waals surface area contributed by atoms with Crippen LogP contribution in [0.15, 0.2) is 0 Å². The maximum absolute atomic E-state index is 11.8. The molecule has 1 fully saturated rings. The van der Waals surface area contributed by atoms with E-state index in [0.717, 1.165) is 6.42 Å². The highest BCUT2D eigenvalue weighted by molar-refractivity contribution is 5.86. The summed E-state index contributed by atoms with van der Waals surface area (Å²) in [7, 11) is 0. The third-order valence-corrected chi connectivity index (χ3v) is 2.85. The van der Waals surface area contributed by atoms with Gasteiger partial charge in [-0.05, 0) is 19.3 Å². The van der Waals surface area contributed by atoms with Crippen molar-refractivity contribution in [2.75, 3.05) is 6.54 Å². The fourth-order valence-corrected chi connectivity index (χ4v) is 1.88. The SMILES string of the molecule is CCCC(NC(=O)C1CCC(CN)O1)C(=O)O. The number of hydrogen-bond donors (Lipinski definition) is 3. The van der Waals surface area contributed by atoms with E-state index < -0.39 is 18.1 Å². The van der Waals surface area contributed by atoms with Gasteiger partial charge in [-0.2, -0.15) is 0 Å². The number of rotatable bonds is 6. The summed E-state index contributed by atoms with van der Waals surface area (Å²) >= 11 is 0. The molecule has 0 saturated carbocycles. The predicted molar refractivity (Wildman–Crippen MR) is 61.4 cm³/mol. The van der Waals surface area contributed by atoms with Gasteiger partial charge in [0.25, 0.3) is 0 Å². The molecule has 0 bridgehead atoms. The van der Waals surface area contributed by atoms with E-state index in [1.54, 1.807) is 0 Å². The number of hydrogen-bond acceptors (Lipinski definition) is 4. The number of carboxylic acid groups (broad SMARTS) is 1. The second kappa shape index (κ2) is 6.56. The monoisotopic (exact) mass is 244 g/mol. The van der Waals surface area contributed by atoms with Crippen LogP contribution in [0.5, 0.6) is 0 Å². The quantitative estimate of drug-likeness (QED) is 0.603. The van der Waals surface area contributed by atoms with Crippen molar-refractivity contribution in [3.63, 3.8) is 0 Å². The topological polar surface area (TPSA) is 102 Å². The average molecular weight is 244 g/mol. The number of carbonyl (C=O) groups is 2. The summed E-state index contributed by atoms with van der Waals surface area (Å²) in [6.45, 7) is 2.26. The number of nitrogens with one attached hydrogen (secondary N) is 1. The van der Waals surface area contributed by atoms with Crippen molar-refractivity contribution >= 4 is 11.9 Å². The number of nitrogens with two attached hydrogens (primary N) is 1. The van der Waals surface area contributed by atoms with Gasteiger partial charge in [0.05, 0.1) is 6.10 Å². The van der Waals surface area contributed by atoms with Crippen LogP contribution in [-0.4, -0.2) is 41.8 Å². The summed E-state index contributed by atoms with van der Waals surface area (Å²) in [6.07, 6.45) is 1.84. The van der Waals surface area contributed by atoms with Gasteiger partial charge in [-0.3, -0.25) is 4.79 Å². The highest BCUT2D eigenvalue weighted by Crippen LogP contribution is 2.19. The molecule has 0 aliphatic carbocycles. The van der Waals surface area contributed by atoms with Crippen molar-refractivity contribution in [2.45, 2.75) is 50.9 Å². The van der Waals surface area contributed by atoms with Crippen LogP contribution in [0.1, 0.15) is 32.6 Å². The molecule has 3 atom stereocenters. The Morgan fingerprint density at radius 2 is 2.24 bits per heavy atom. The molecule has 0 aromatic heterocycles. The number of ether oxygens (including phenoxy) is 1. The van der Waals surface area contributed by atoms with Gasteiger partial charge in [-0.1, -0.05) is 13.3 Å². The molecule has 0 aromatic carbocycles. The molecule has 0 spiro atoms. The Kier molecular flexibility index (Phi) is 5.37. The summed E-state index contributed by atoms with van der Waals surface area (Å²) in [4.78, 5) is 22.6. The summed E-state index contributed by atoms with van der Waals surface area (Å²) in [6, 6.07) is -0.826. The van der Waals surface area contributed by atoms with Gasteiger partial charge >= 0.3 is 5.97 Å². The van der Waals surface area contributed by atoms with Crippen LogP contribution in [0.4, 0.5) is 0 Å². The maximum atomic E-state index is 11.8.